The minimum atomic E-state index is -3.18. The molecule has 0 aromatic carbocycles. The van der Waals surface area contributed by atoms with E-state index in [0.717, 1.165) is 25.8 Å². The molecule has 1 unspecified atom stereocenters. The number of esters is 1. The molecule has 2 fully saturated rings. The lowest BCUT2D eigenvalue weighted by molar-refractivity contribution is -0.159. The fourth-order valence-electron chi connectivity index (χ4n) is 3.52. The number of rotatable bonds is 4. The SMILES string of the molecule is CN=C(NC[C@H]1CCCN1S(C)(=O)=O)N1CCC(C(=O)OC(C)(C)C)C1. The first-order valence-corrected chi connectivity index (χ1v) is 11.0. The van der Waals surface area contributed by atoms with E-state index >= 15 is 0 Å². The maximum Gasteiger partial charge on any atom is 0.311 e. The molecule has 2 saturated heterocycles. The van der Waals surface area contributed by atoms with Gasteiger partial charge in [-0.1, -0.05) is 0 Å². The second kappa shape index (κ2) is 8.12. The number of sulfonamides is 1. The van der Waals surface area contributed by atoms with Crippen LogP contribution >= 0.6 is 0 Å². The number of carbonyl (C=O) groups excluding carboxylic acids is 1. The molecule has 0 aromatic rings. The highest BCUT2D eigenvalue weighted by molar-refractivity contribution is 7.88. The van der Waals surface area contributed by atoms with Gasteiger partial charge in [-0.2, -0.15) is 4.31 Å². The summed E-state index contributed by atoms with van der Waals surface area (Å²) < 4.78 is 30.7. The summed E-state index contributed by atoms with van der Waals surface area (Å²) in [5.74, 6) is 0.373. The molecule has 0 spiro atoms. The highest BCUT2D eigenvalue weighted by Gasteiger charge is 2.35. The third-order valence-electron chi connectivity index (χ3n) is 4.68. The Morgan fingerprint density at radius 3 is 2.54 bits per heavy atom. The van der Waals surface area contributed by atoms with Crippen LogP contribution in [-0.2, 0) is 19.6 Å². The van der Waals surface area contributed by atoms with Crippen LogP contribution in [0.2, 0.25) is 0 Å². The van der Waals surface area contributed by atoms with Crippen molar-refractivity contribution in [2.75, 3.05) is 39.5 Å². The van der Waals surface area contributed by atoms with Crippen LogP contribution in [0.3, 0.4) is 0 Å². The first kappa shape index (κ1) is 21.0. The predicted octanol–water partition coefficient (Wildman–Crippen LogP) is 0.649. The summed E-state index contributed by atoms with van der Waals surface area (Å²) in [5, 5.41) is 3.28. The Bertz CT molecular complexity index is 642. The van der Waals surface area contributed by atoms with Gasteiger partial charge in [0.1, 0.15) is 5.60 Å². The van der Waals surface area contributed by atoms with E-state index in [4.69, 9.17) is 4.74 Å². The number of nitrogens with one attached hydrogen (secondary N) is 1. The predicted molar refractivity (Wildman–Crippen MR) is 101 cm³/mol. The van der Waals surface area contributed by atoms with Gasteiger partial charge in [0.25, 0.3) is 0 Å². The number of carbonyl (C=O) groups is 1. The first-order valence-electron chi connectivity index (χ1n) is 9.16. The highest BCUT2D eigenvalue weighted by Crippen LogP contribution is 2.22. The number of nitrogens with zero attached hydrogens (tertiary/aromatic N) is 3. The highest BCUT2D eigenvalue weighted by atomic mass is 32.2. The van der Waals surface area contributed by atoms with Crippen LogP contribution in [0, 0.1) is 5.92 Å². The summed E-state index contributed by atoms with van der Waals surface area (Å²) in [7, 11) is -1.48. The summed E-state index contributed by atoms with van der Waals surface area (Å²) in [5.41, 5.74) is -0.484. The third kappa shape index (κ3) is 5.57. The molecular formula is C17H32N4O4S. The normalized spacial score (nSPS) is 25.6. The van der Waals surface area contributed by atoms with Crippen LogP contribution in [0.5, 0.6) is 0 Å². The molecule has 8 nitrogen and oxygen atoms in total. The van der Waals surface area contributed by atoms with E-state index in [1.54, 1.807) is 11.4 Å². The van der Waals surface area contributed by atoms with Crippen molar-refractivity contribution in [2.45, 2.75) is 51.7 Å². The molecule has 2 aliphatic rings. The molecule has 2 heterocycles. The molecular weight excluding hydrogens is 356 g/mol. The van der Waals surface area contributed by atoms with Gasteiger partial charge in [0.2, 0.25) is 10.0 Å². The van der Waals surface area contributed by atoms with Crippen molar-refractivity contribution >= 4 is 22.0 Å². The van der Waals surface area contributed by atoms with E-state index in [0.29, 0.717) is 25.6 Å². The quantitative estimate of drug-likeness (QED) is 0.432. The van der Waals surface area contributed by atoms with Crippen molar-refractivity contribution in [3.05, 3.63) is 0 Å². The summed E-state index contributed by atoms with van der Waals surface area (Å²) in [6.07, 6.45) is 3.71. The molecule has 0 aromatic heterocycles. The molecule has 1 N–H and O–H groups in total. The molecule has 2 aliphatic heterocycles. The Kier molecular flexibility index (Phi) is 6.55. The monoisotopic (exact) mass is 388 g/mol. The zero-order valence-electron chi connectivity index (χ0n) is 16.5. The Morgan fingerprint density at radius 2 is 1.96 bits per heavy atom. The molecule has 0 bridgehead atoms. The minimum absolute atomic E-state index is 0.0500. The standard InChI is InChI=1S/C17H32N4O4S/c1-17(2,3)25-15(22)13-8-10-20(12-13)16(18-4)19-11-14-7-6-9-21(14)26(5,23)24/h13-14H,6-12H2,1-5H3,(H,18,19)/t13?,14-/m1/s1. The Labute approximate surface area is 157 Å². The van der Waals surface area contributed by atoms with Crippen LogP contribution in [-0.4, -0.2) is 80.7 Å². The zero-order chi connectivity index (χ0) is 19.5. The summed E-state index contributed by atoms with van der Waals surface area (Å²) in [6, 6.07) is -0.0500. The molecule has 150 valence electrons. The van der Waals surface area contributed by atoms with Gasteiger partial charge in [-0.05, 0) is 40.0 Å². The van der Waals surface area contributed by atoms with E-state index in [1.165, 1.54) is 6.26 Å². The number of likely N-dealkylation sites (tertiary alicyclic amines) is 1. The lowest BCUT2D eigenvalue weighted by Gasteiger charge is -2.26. The van der Waals surface area contributed by atoms with E-state index < -0.39 is 15.6 Å². The fraction of sp³-hybridized carbons (Fsp3) is 0.882. The van der Waals surface area contributed by atoms with Gasteiger partial charge in [-0.15, -0.1) is 0 Å². The van der Waals surface area contributed by atoms with Gasteiger partial charge in [-0.3, -0.25) is 9.79 Å². The van der Waals surface area contributed by atoms with Crippen molar-refractivity contribution in [2.24, 2.45) is 10.9 Å². The number of ether oxygens (including phenoxy) is 1. The number of hydrogen-bond donors (Lipinski definition) is 1. The van der Waals surface area contributed by atoms with Crippen LogP contribution in [0.15, 0.2) is 4.99 Å². The van der Waals surface area contributed by atoms with E-state index in [-0.39, 0.29) is 17.9 Å². The zero-order valence-corrected chi connectivity index (χ0v) is 17.3. The maximum absolute atomic E-state index is 12.3. The molecule has 0 saturated carbocycles. The first-order chi connectivity index (χ1) is 12.0. The minimum Gasteiger partial charge on any atom is -0.460 e. The Balaban J connectivity index is 1.89. The smallest absolute Gasteiger partial charge is 0.311 e. The number of guanidine groups is 1. The van der Waals surface area contributed by atoms with Gasteiger partial charge < -0.3 is 15.0 Å². The summed E-state index contributed by atoms with van der Waals surface area (Å²) >= 11 is 0. The van der Waals surface area contributed by atoms with Crippen molar-refractivity contribution in [1.82, 2.24) is 14.5 Å². The molecule has 0 aliphatic carbocycles. The Hall–Kier alpha value is -1.35. The second-order valence-electron chi connectivity index (χ2n) is 8.06. The van der Waals surface area contributed by atoms with E-state index in [2.05, 4.69) is 10.3 Å². The van der Waals surface area contributed by atoms with E-state index in [9.17, 15) is 13.2 Å². The molecule has 0 amide bonds. The van der Waals surface area contributed by atoms with Gasteiger partial charge in [0, 0.05) is 39.3 Å². The van der Waals surface area contributed by atoms with Gasteiger partial charge in [0.15, 0.2) is 5.96 Å². The average molecular weight is 389 g/mol. The van der Waals surface area contributed by atoms with Crippen molar-refractivity contribution < 1.29 is 17.9 Å². The molecule has 2 rings (SSSR count). The van der Waals surface area contributed by atoms with Crippen molar-refractivity contribution in [1.29, 1.82) is 0 Å². The molecule has 26 heavy (non-hydrogen) atoms. The summed E-state index contributed by atoms with van der Waals surface area (Å²) in [6.45, 7) is 7.99. The van der Waals surface area contributed by atoms with Crippen molar-refractivity contribution in [3.63, 3.8) is 0 Å². The van der Waals surface area contributed by atoms with Crippen LogP contribution in [0.25, 0.3) is 0 Å². The largest absolute Gasteiger partial charge is 0.460 e. The molecule has 0 radical (unpaired) electrons. The summed E-state index contributed by atoms with van der Waals surface area (Å²) in [4.78, 5) is 18.6. The van der Waals surface area contributed by atoms with Crippen molar-refractivity contribution in [3.8, 4) is 0 Å². The molecule has 2 atom stereocenters. The second-order valence-corrected chi connectivity index (χ2v) is 10.00. The topological polar surface area (TPSA) is 91.3 Å². The van der Waals surface area contributed by atoms with Gasteiger partial charge in [0.05, 0.1) is 12.2 Å². The number of aliphatic imine (C=N–C) groups is 1. The molecule has 9 heteroatoms. The number of hydrogen-bond acceptors (Lipinski definition) is 5. The lowest BCUT2D eigenvalue weighted by atomic mass is 10.1. The Morgan fingerprint density at radius 1 is 1.27 bits per heavy atom. The average Bonchev–Trinajstić information content (AvgIpc) is 3.14. The lowest BCUT2D eigenvalue weighted by Crippen LogP contribution is -2.47. The maximum atomic E-state index is 12.3. The van der Waals surface area contributed by atoms with Gasteiger partial charge >= 0.3 is 5.97 Å². The third-order valence-corrected chi connectivity index (χ3v) is 6.02. The van der Waals surface area contributed by atoms with Crippen LogP contribution < -0.4 is 5.32 Å². The van der Waals surface area contributed by atoms with E-state index in [1.807, 2.05) is 25.7 Å². The fourth-order valence-corrected chi connectivity index (χ4v) is 4.70. The van der Waals surface area contributed by atoms with Crippen LogP contribution in [0.4, 0.5) is 0 Å². The van der Waals surface area contributed by atoms with Crippen LogP contribution in [0.1, 0.15) is 40.0 Å². The van der Waals surface area contributed by atoms with Gasteiger partial charge in [-0.25, -0.2) is 8.42 Å².